The lowest BCUT2D eigenvalue weighted by Crippen LogP contribution is -1.80. The highest BCUT2D eigenvalue weighted by Gasteiger charge is 1.95. The van der Waals surface area contributed by atoms with Gasteiger partial charge in [0.15, 0.2) is 0 Å². The summed E-state index contributed by atoms with van der Waals surface area (Å²) in [6.07, 6.45) is 12.2. The van der Waals surface area contributed by atoms with Crippen LogP contribution in [0.2, 0.25) is 0 Å². The monoisotopic (exact) mass is 208 g/mol. The Morgan fingerprint density at radius 2 is 1.00 bits per heavy atom. The van der Waals surface area contributed by atoms with E-state index in [1.165, 1.54) is 63.0 Å². The van der Waals surface area contributed by atoms with Crippen LogP contribution in [0.15, 0.2) is 0 Å². The summed E-state index contributed by atoms with van der Waals surface area (Å²) < 4.78 is 0. The van der Waals surface area contributed by atoms with Gasteiger partial charge in [-0.1, -0.05) is 50.2 Å². The molecule has 0 spiro atoms. The molecule has 66 valence electrons. The summed E-state index contributed by atoms with van der Waals surface area (Å²) in [5, 5.41) is 0. The molecule has 0 bridgehead atoms. The third-order valence-corrected chi connectivity index (χ3v) is 9.33. The van der Waals surface area contributed by atoms with E-state index in [1.54, 1.807) is 12.3 Å². The van der Waals surface area contributed by atoms with Crippen molar-refractivity contribution >= 4 is 24.5 Å². The van der Waals surface area contributed by atoms with Gasteiger partial charge in [-0.05, 0) is 25.2 Å². The number of hydrogen-bond donors (Lipinski definition) is 0. The minimum atomic E-state index is 1.32. The lowest BCUT2D eigenvalue weighted by Gasteiger charge is -1.98. The molecular formula is C8H19P3. The van der Waals surface area contributed by atoms with Crippen LogP contribution in [0, 0.1) is 0 Å². The molecule has 1 saturated heterocycles. The molecule has 0 radical (unpaired) electrons. The van der Waals surface area contributed by atoms with E-state index >= 15 is 0 Å². The zero-order valence-electron chi connectivity index (χ0n) is 7.16. The van der Waals surface area contributed by atoms with Crippen molar-refractivity contribution in [1.82, 2.24) is 0 Å². The average molecular weight is 208 g/mol. The third kappa shape index (κ3) is 6.45. The summed E-state index contributed by atoms with van der Waals surface area (Å²) in [5.74, 6) is 0. The zero-order valence-corrected chi connectivity index (χ0v) is 10.2. The van der Waals surface area contributed by atoms with Gasteiger partial charge in [0.1, 0.15) is 0 Å². The zero-order chi connectivity index (χ0) is 7.78. The molecule has 1 heterocycles. The van der Waals surface area contributed by atoms with Gasteiger partial charge in [0.2, 0.25) is 0 Å². The maximum Gasteiger partial charge on any atom is -0.0314 e. The highest BCUT2D eigenvalue weighted by Crippen LogP contribution is 2.53. The van der Waals surface area contributed by atoms with Crippen molar-refractivity contribution in [3.05, 3.63) is 0 Å². The van der Waals surface area contributed by atoms with Crippen LogP contribution in [0.5, 0.6) is 0 Å². The second kappa shape index (κ2) is 7.91. The molecule has 2 unspecified atom stereocenters. The topological polar surface area (TPSA) is 0 Å². The van der Waals surface area contributed by atoms with E-state index in [1.807, 2.05) is 0 Å². The van der Waals surface area contributed by atoms with Crippen molar-refractivity contribution in [3.8, 4) is 0 Å². The van der Waals surface area contributed by atoms with Crippen LogP contribution in [0.25, 0.3) is 0 Å². The van der Waals surface area contributed by atoms with Crippen LogP contribution < -0.4 is 0 Å². The normalized spacial score (nSPS) is 30.5. The predicted octanol–water partition coefficient (Wildman–Crippen LogP) is 4.21. The Bertz CT molecular complexity index is 47.4. The first-order valence-corrected chi connectivity index (χ1v) is 10.1. The summed E-state index contributed by atoms with van der Waals surface area (Å²) >= 11 is 0. The molecule has 1 aliphatic heterocycles. The van der Waals surface area contributed by atoms with Crippen molar-refractivity contribution in [2.75, 3.05) is 12.3 Å². The minimum absolute atomic E-state index is 1.32. The first-order valence-electron chi connectivity index (χ1n) is 4.71. The summed E-state index contributed by atoms with van der Waals surface area (Å²) in [6.45, 7) is 0. The lowest BCUT2D eigenvalue weighted by atomic mass is 10.1. The van der Waals surface area contributed by atoms with Crippen LogP contribution in [0.4, 0.5) is 0 Å². The molecule has 1 aliphatic rings. The van der Waals surface area contributed by atoms with E-state index in [-0.39, 0.29) is 0 Å². The molecule has 0 aromatic heterocycles. The Labute approximate surface area is 75.8 Å². The van der Waals surface area contributed by atoms with E-state index in [2.05, 4.69) is 0 Å². The van der Waals surface area contributed by atoms with Gasteiger partial charge in [0.05, 0.1) is 0 Å². The van der Waals surface area contributed by atoms with Crippen LogP contribution >= 0.6 is 24.5 Å². The first-order chi connectivity index (χ1) is 5.50. The molecule has 0 nitrogen and oxygen atoms in total. The molecular weight excluding hydrogens is 189 g/mol. The molecule has 0 aromatic rings. The van der Waals surface area contributed by atoms with Gasteiger partial charge in [-0.2, -0.15) is 0 Å². The minimum Gasteiger partial charge on any atom is -0.0950 e. The number of hydrogen-bond acceptors (Lipinski definition) is 0. The molecule has 3 heteroatoms. The Balaban J connectivity index is 2.02. The Morgan fingerprint density at radius 3 is 1.55 bits per heavy atom. The fourth-order valence-corrected chi connectivity index (χ4v) is 8.11. The molecule has 0 saturated carbocycles. The Hall–Kier alpha value is 1.29. The van der Waals surface area contributed by atoms with Gasteiger partial charge in [-0.15, -0.1) is 0 Å². The predicted molar refractivity (Wildman–Crippen MR) is 62.4 cm³/mol. The fourth-order valence-electron chi connectivity index (χ4n) is 1.32. The van der Waals surface area contributed by atoms with Crippen LogP contribution in [0.1, 0.15) is 38.5 Å². The van der Waals surface area contributed by atoms with Crippen molar-refractivity contribution in [2.24, 2.45) is 0 Å². The smallest absolute Gasteiger partial charge is 0.0314 e. The SMILES string of the molecule is C1CCCCPPPCCC1. The van der Waals surface area contributed by atoms with Gasteiger partial charge >= 0.3 is 0 Å². The second-order valence-corrected chi connectivity index (χ2v) is 10.2. The molecule has 1 fully saturated rings. The fraction of sp³-hybridized carbons (Fsp3) is 1.00. The van der Waals surface area contributed by atoms with Crippen molar-refractivity contribution in [2.45, 2.75) is 38.5 Å². The van der Waals surface area contributed by atoms with Crippen molar-refractivity contribution in [1.29, 1.82) is 0 Å². The molecule has 0 aliphatic carbocycles. The first kappa shape index (κ1) is 10.4. The van der Waals surface area contributed by atoms with Crippen LogP contribution in [-0.4, -0.2) is 12.3 Å². The van der Waals surface area contributed by atoms with E-state index < -0.39 is 0 Å². The number of rotatable bonds is 0. The standard InChI is InChI=1S/C8H19P3/c1-2-4-6-8-10-11-9-7-5-3-1/h9-11H,1-8H2. The van der Waals surface area contributed by atoms with E-state index in [9.17, 15) is 0 Å². The molecule has 11 heavy (non-hydrogen) atoms. The average Bonchev–Trinajstić information content (AvgIpc) is 2.08. The Morgan fingerprint density at radius 1 is 0.545 bits per heavy atom. The Kier molecular flexibility index (Phi) is 7.46. The quantitative estimate of drug-likeness (QED) is 0.523. The molecule has 0 N–H and O–H groups in total. The third-order valence-electron chi connectivity index (χ3n) is 2.03. The van der Waals surface area contributed by atoms with Gasteiger partial charge in [0, 0.05) is 0 Å². The molecule has 1 rings (SSSR count). The van der Waals surface area contributed by atoms with Crippen LogP contribution in [-0.2, 0) is 0 Å². The maximum atomic E-state index is 1.55. The van der Waals surface area contributed by atoms with E-state index in [4.69, 9.17) is 0 Å². The van der Waals surface area contributed by atoms with Gasteiger partial charge in [-0.3, -0.25) is 0 Å². The van der Waals surface area contributed by atoms with Gasteiger partial charge in [-0.25, -0.2) is 0 Å². The largest absolute Gasteiger partial charge is 0.0950 e. The summed E-state index contributed by atoms with van der Waals surface area (Å²) in [6, 6.07) is 0. The van der Waals surface area contributed by atoms with E-state index in [0.717, 1.165) is 0 Å². The highest BCUT2D eigenvalue weighted by atomic mass is 32.4. The highest BCUT2D eigenvalue weighted by molar-refractivity contribution is 8.43. The van der Waals surface area contributed by atoms with Crippen LogP contribution in [0.3, 0.4) is 0 Å². The molecule has 0 amide bonds. The van der Waals surface area contributed by atoms with Crippen molar-refractivity contribution in [3.63, 3.8) is 0 Å². The van der Waals surface area contributed by atoms with Gasteiger partial charge in [0.25, 0.3) is 0 Å². The molecule has 0 aromatic carbocycles. The summed E-state index contributed by atoms with van der Waals surface area (Å²) in [5.41, 5.74) is 0. The maximum absolute atomic E-state index is 1.55. The molecule has 2 atom stereocenters. The summed E-state index contributed by atoms with van der Waals surface area (Å²) in [4.78, 5) is 0. The lowest BCUT2D eigenvalue weighted by molar-refractivity contribution is 0.629. The van der Waals surface area contributed by atoms with Gasteiger partial charge < -0.3 is 0 Å². The summed E-state index contributed by atoms with van der Waals surface area (Å²) in [7, 11) is 3.97. The van der Waals surface area contributed by atoms with Crippen molar-refractivity contribution < 1.29 is 0 Å². The second-order valence-electron chi connectivity index (χ2n) is 3.10. The van der Waals surface area contributed by atoms with E-state index in [0.29, 0.717) is 0 Å².